The van der Waals surface area contributed by atoms with Gasteiger partial charge < -0.3 is 14.9 Å². The summed E-state index contributed by atoms with van der Waals surface area (Å²) < 4.78 is 4.79. The van der Waals surface area contributed by atoms with E-state index in [1.165, 1.54) is 0 Å². The Bertz CT molecular complexity index is 357. The van der Waals surface area contributed by atoms with Crippen molar-refractivity contribution in [2.24, 2.45) is 0 Å². The first kappa shape index (κ1) is 8.22. The number of carbonyl (C=O) groups excluding carboxylic acids is 1. The number of hydrogen-bond donors (Lipinski definition) is 2. The summed E-state index contributed by atoms with van der Waals surface area (Å²) >= 11 is 0. The lowest BCUT2D eigenvalue weighted by molar-refractivity contribution is -0.279. The summed E-state index contributed by atoms with van der Waals surface area (Å²) in [6.45, 7) is 0. The molecular weight excluding hydrogens is 172 g/mol. The highest BCUT2D eigenvalue weighted by atomic mass is 16.8. The molecule has 0 aliphatic carbocycles. The minimum Gasteiger partial charge on any atom is -0.439 e. The Morgan fingerprint density at radius 1 is 1.46 bits per heavy atom. The van der Waals surface area contributed by atoms with Crippen molar-refractivity contribution in [2.75, 3.05) is 0 Å². The van der Waals surface area contributed by atoms with Crippen LogP contribution in [0.3, 0.4) is 0 Å². The standard InChI is InChI=1S/C9H8O4/c10-5-6-1-2-8-7(3-6)4-9(11,12)13-8/h1-3,5,11-12H,4H2. The molecular formula is C9H8O4. The van der Waals surface area contributed by atoms with Crippen molar-refractivity contribution in [3.8, 4) is 5.75 Å². The summed E-state index contributed by atoms with van der Waals surface area (Å²) in [5, 5.41) is 18.2. The van der Waals surface area contributed by atoms with Crippen LogP contribution in [0.5, 0.6) is 5.75 Å². The van der Waals surface area contributed by atoms with Crippen LogP contribution in [0.2, 0.25) is 0 Å². The van der Waals surface area contributed by atoms with Crippen LogP contribution in [-0.2, 0) is 6.42 Å². The molecule has 0 spiro atoms. The minimum atomic E-state index is -2.12. The molecule has 1 aromatic carbocycles. The molecule has 0 bridgehead atoms. The molecule has 4 nitrogen and oxygen atoms in total. The Morgan fingerprint density at radius 3 is 2.92 bits per heavy atom. The maximum atomic E-state index is 10.4. The molecule has 68 valence electrons. The van der Waals surface area contributed by atoms with E-state index in [0.717, 1.165) is 0 Å². The number of fused-ring (bicyclic) bond motifs is 1. The van der Waals surface area contributed by atoms with Gasteiger partial charge in [0.1, 0.15) is 12.0 Å². The van der Waals surface area contributed by atoms with Gasteiger partial charge in [0.15, 0.2) is 0 Å². The molecule has 0 unspecified atom stereocenters. The summed E-state index contributed by atoms with van der Waals surface area (Å²) in [6, 6.07) is 4.69. The number of rotatable bonds is 1. The highest BCUT2D eigenvalue weighted by Gasteiger charge is 2.34. The van der Waals surface area contributed by atoms with Crippen molar-refractivity contribution in [1.82, 2.24) is 0 Å². The highest BCUT2D eigenvalue weighted by Crippen LogP contribution is 2.32. The van der Waals surface area contributed by atoms with Gasteiger partial charge in [-0.3, -0.25) is 4.79 Å². The van der Waals surface area contributed by atoms with Crippen LogP contribution in [0.4, 0.5) is 0 Å². The zero-order chi connectivity index (χ0) is 9.47. The molecule has 4 heteroatoms. The largest absolute Gasteiger partial charge is 0.439 e. The Kier molecular flexibility index (Phi) is 1.61. The molecule has 1 aliphatic heterocycles. The second-order valence-corrected chi connectivity index (χ2v) is 3.01. The lowest BCUT2D eigenvalue weighted by Gasteiger charge is -2.12. The van der Waals surface area contributed by atoms with Crippen LogP contribution in [0.15, 0.2) is 18.2 Å². The predicted molar refractivity (Wildman–Crippen MR) is 43.3 cm³/mol. The summed E-state index contributed by atoms with van der Waals surface area (Å²) in [5.74, 6) is -1.71. The molecule has 0 saturated carbocycles. The Balaban J connectivity index is 2.41. The molecule has 0 aromatic heterocycles. The van der Waals surface area contributed by atoms with Crippen molar-refractivity contribution in [3.05, 3.63) is 29.3 Å². The molecule has 2 N–H and O–H groups in total. The number of ether oxygens (including phenoxy) is 1. The number of benzene rings is 1. The molecule has 2 rings (SSSR count). The third-order valence-electron chi connectivity index (χ3n) is 1.91. The average molecular weight is 180 g/mol. The minimum absolute atomic E-state index is 0.00991. The van der Waals surface area contributed by atoms with E-state index in [4.69, 9.17) is 14.9 Å². The van der Waals surface area contributed by atoms with Gasteiger partial charge in [0, 0.05) is 11.1 Å². The Labute approximate surface area is 74.4 Å². The summed E-state index contributed by atoms with van der Waals surface area (Å²) in [4.78, 5) is 10.4. The van der Waals surface area contributed by atoms with Crippen LogP contribution in [-0.4, -0.2) is 22.5 Å². The fraction of sp³-hybridized carbons (Fsp3) is 0.222. The van der Waals surface area contributed by atoms with E-state index in [9.17, 15) is 4.79 Å². The molecule has 1 heterocycles. The third-order valence-corrected chi connectivity index (χ3v) is 1.91. The van der Waals surface area contributed by atoms with Crippen LogP contribution in [0.25, 0.3) is 0 Å². The quantitative estimate of drug-likeness (QED) is 0.474. The van der Waals surface area contributed by atoms with Gasteiger partial charge in [-0.2, -0.15) is 0 Å². The van der Waals surface area contributed by atoms with Gasteiger partial charge in [0.2, 0.25) is 0 Å². The van der Waals surface area contributed by atoms with Crippen LogP contribution in [0.1, 0.15) is 15.9 Å². The molecule has 1 aromatic rings. The summed E-state index contributed by atoms with van der Waals surface area (Å²) in [6.07, 6.45) is 0.693. The topological polar surface area (TPSA) is 66.8 Å². The highest BCUT2D eigenvalue weighted by molar-refractivity contribution is 5.75. The molecule has 0 atom stereocenters. The molecule has 0 fully saturated rings. The van der Waals surface area contributed by atoms with Crippen LogP contribution < -0.4 is 4.74 Å². The smallest absolute Gasteiger partial charge is 0.326 e. The summed E-state index contributed by atoms with van der Waals surface area (Å²) in [7, 11) is 0. The van der Waals surface area contributed by atoms with Gasteiger partial charge in [-0.1, -0.05) is 0 Å². The van der Waals surface area contributed by atoms with Gasteiger partial charge in [0.25, 0.3) is 0 Å². The lowest BCUT2D eigenvalue weighted by Crippen LogP contribution is -2.32. The predicted octanol–water partition coefficient (Wildman–Crippen LogP) is 0.0724. The van der Waals surface area contributed by atoms with E-state index < -0.39 is 5.97 Å². The maximum Gasteiger partial charge on any atom is 0.326 e. The van der Waals surface area contributed by atoms with Crippen LogP contribution in [0, 0.1) is 0 Å². The van der Waals surface area contributed by atoms with Crippen LogP contribution >= 0.6 is 0 Å². The number of hydrogen-bond acceptors (Lipinski definition) is 4. The van der Waals surface area contributed by atoms with Crippen molar-refractivity contribution in [2.45, 2.75) is 12.4 Å². The maximum absolute atomic E-state index is 10.4. The number of aliphatic hydroxyl groups is 2. The lowest BCUT2D eigenvalue weighted by atomic mass is 10.1. The number of aldehydes is 1. The molecule has 0 amide bonds. The SMILES string of the molecule is O=Cc1ccc2c(c1)CC(O)(O)O2. The monoisotopic (exact) mass is 180 g/mol. The van der Waals surface area contributed by atoms with Gasteiger partial charge in [-0.05, 0) is 18.2 Å². The van der Waals surface area contributed by atoms with Gasteiger partial charge in [0.05, 0.1) is 6.42 Å². The average Bonchev–Trinajstić information content (AvgIpc) is 2.36. The molecule has 0 saturated heterocycles. The van der Waals surface area contributed by atoms with Crippen molar-refractivity contribution < 1.29 is 19.7 Å². The Morgan fingerprint density at radius 2 is 2.23 bits per heavy atom. The molecule has 1 aliphatic rings. The van der Waals surface area contributed by atoms with E-state index in [-0.39, 0.29) is 6.42 Å². The fourth-order valence-electron chi connectivity index (χ4n) is 1.37. The Hall–Kier alpha value is -1.39. The molecule has 13 heavy (non-hydrogen) atoms. The van der Waals surface area contributed by atoms with Crippen molar-refractivity contribution >= 4 is 6.29 Å². The second-order valence-electron chi connectivity index (χ2n) is 3.01. The van der Waals surface area contributed by atoms with E-state index in [1.54, 1.807) is 18.2 Å². The van der Waals surface area contributed by atoms with Gasteiger partial charge in [-0.15, -0.1) is 0 Å². The fourth-order valence-corrected chi connectivity index (χ4v) is 1.37. The van der Waals surface area contributed by atoms with E-state index in [2.05, 4.69) is 0 Å². The summed E-state index contributed by atoms with van der Waals surface area (Å²) in [5.41, 5.74) is 1.13. The van der Waals surface area contributed by atoms with Gasteiger partial charge >= 0.3 is 5.97 Å². The van der Waals surface area contributed by atoms with Gasteiger partial charge in [-0.25, -0.2) is 0 Å². The van der Waals surface area contributed by atoms with Crippen molar-refractivity contribution in [1.29, 1.82) is 0 Å². The first-order chi connectivity index (χ1) is 6.11. The first-order valence-corrected chi connectivity index (χ1v) is 3.82. The number of carbonyl (C=O) groups is 1. The van der Waals surface area contributed by atoms with E-state index in [0.29, 0.717) is 23.2 Å². The normalized spacial score (nSPS) is 17.7. The zero-order valence-corrected chi connectivity index (χ0v) is 6.73. The van der Waals surface area contributed by atoms with Crippen molar-refractivity contribution in [3.63, 3.8) is 0 Å². The zero-order valence-electron chi connectivity index (χ0n) is 6.73. The third kappa shape index (κ3) is 1.41. The second kappa shape index (κ2) is 2.55. The first-order valence-electron chi connectivity index (χ1n) is 3.82. The molecule has 0 radical (unpaired) electrons. The van der Waals surface area contributed by atoms with E-state index in [1.807, 2.05) is 0 Å². The van der Waals surface area contributed by atoms with E-state index >= 15 is 0 Å².